The van der Waals surface area contributed by atoms with Gasteiger partial charge in [0.25, 0.3) is 0 Å². The number of nitrogens with zero attached hydrogens (tertiary/aromatic N) is 1. The quantitative estimate of drug-likeness (QED) is 0.0287. The topological polar surface area (TPSA) is 273 Å². The Labute approximate surface area is 588 Å². The van der Waals surface area contributed by atoms with Crippen LogP contribution in [0.15, 0.2) is 0 Å². The third-order valence-electron chi connectivity index (χ3n) is 13.4. The van der Waals surface area contributed by atoms with Crippen LogP contribution in [-0.2, 0) is 109 Å². The number of hydrogen-bond acceptors (Lipinski definition) is 23. The molecule has 1 saturated carbocycles. The van der Waals surface area contributed by atoms with Crippen LogP contribution in [0.3, 0.4) is 0 Å². The number of carbonyl (C=O) groups excluding carboxylic acids is 4. The summed E-state index contributed by atoms with van der Waals surface area (Å²) in [6.45, 7) is 39.5. The molecule has 0 bridgehead atoms. The Kier molecular flexibility index (Phi) is 59.2. The molecule has 1 rings (SSSR count). The summed E-state index contributed by atoms with van der Waals surface area (Å²) in [5.41, 5.74) is -6.67. The summed E-state index contributed by atoms with van der Waals surface area (Å²) in [5, 5.41) is 0. The molecule has 0 heterocycles. The molecule has 0 aromatic heterocycles. The average Bonchev–Trinajstić information content (AvgIpc) is 0.956. The molecule has 1 amide bonds. The van der Waals surface area contributed by atoms with E-state index in [1.54, 1.807) is 21.0 Å². The van der Waals surface area contributed by atoms with E-state index in [1.165, 1.54) is 0 Å². The van der Waals surface area contributed by atoms with Gasteiger partial charge in [0.05, 0.1) is 194 Å². The van der Waals surface area contributed by atoms with Gasteiger partial charge in [0.1, 0.15) is 12.7 Å². The summed E-state index contributed by atoms with van der Waals surface area (Å²) in [7, 11) is -7.25. The second-order valence-corrected chi connectivity index (χ2v) is 34.4. The summed E-state index contributed by atoms with van der Waals surface area (Å²) in [6.07, 6.45) is 3.49. The first-order valence-electron chi connectivity index (χ1n) is 31.7. The second-order valence-electron chi connectivity index (χ2n) is 23.7. The largest absolute Gasteiger partial charge is 1.00 e. The van der Waals surface area contributed by atoms with Crippen molar-refractivity contribution in [3.63, 3.8) is 0 Å². The SMILES string of the molecule is CCC(C)(C)C(=O)OC1CCCC(C(=O)[N-]S(=O)(=O)C(F)(F)F)C1.CCC(C)(C)C(=O)OCCC[Si](C)(C)O[Si](C)(C)C.CCC(C)C(=O)OCCOCCOCCOCCOCCOCCOCCOCCOCCOCCOCCOCCOCCOC.[K+]. The molecule has 536 valence electrons. The zero-order valence-corrected chi connectivity index (χ0v) is 64.0. The molecule has 91 heavy (non-hydrogen) atoms. The van der Waals surface area contributed by atoms with Gasteiger partial charge >= 0.3 is 74.8 Å². The molecule has 0 spiro atoms. The fraction of sp³-hybridized carbons (Fsp3) is 0.933. The van der Waals surface area contributed by atoms with Crippen molar-refractivity contribution < 1.29 is 172 Å². The van der Waals surface area contributed by atoms with E-state index < -0.39 is 61.5 Å². The molecule has 0 aliphatic heterocycles. The van der Waals surface area contributed by atoms with Gasteiger partial charge < -0.3 is 89.4 Å². The summed E-state index contributed by atoms with van der Waals surface area (Å²) in [5.74, 6) is -3.14. The maximum Gasteiger partial charge on any atom is 1.00 e. The maximum atomic E-state index is 12.3. The normalized spacial score (nSPS) is 15.1. The maximum absolute atomic E-state index is 12.3. The van der Waals surface area contributed by atoms with Crippen molar-refractivity contribution >= 4 is 50.5 Å². The first-order valence-corrected chi connectivity index (χ1v) is 39.6. The number of ether oxygens (including phenoxy) is 16. The van der Waals surface area contributed by atoms with E-state index >= 15 is 0 Å². The smallest absolute Gasteiger partial charge is 0.538 e. The van der Waals surface area contributed by atoms with Gasteiger partial charge in [-0.25, -0.2) is 8.42 Å². The summed E-state index contributed by atoms with van der Waals surface area (Å²) in [6, 6.07) is 1.05. The molecule has 31 heteroatoms. The van der Waals surface area contributed by atoms with Gasteiger partial charge in [0, 0.05) is 13.0 Å². The molecule has 0 N–H and O–H groups in total. The molecule has 3 unspecified atom stereocenters. The Morgan fingerprint density at radius 2 is 0.857 bits per heavy atom. The number of rotatable bonds is 54. The van der Waals surface area contributed by atoms with Crippen molar-refractivity contribution in [2.45, 2.75) is 157 Å². The third kappa shape index (κ3) is 55.8. The first-order chi connectivity index (χ1) is 42.4. The van der Waals surface area contributed by atoms with Crippen molar-refractivity contribution in [3.05, 3.63) is 4.72 Å². The summed E-state index contributed by atoms with van der Waals surface area (Å²) >= 11 is 0. The van der Waals surface area contributed by atoms with E-state index in [0.29, 0.717) is 191 Å². The van der Waals surface area contributed by atoms with Gasteiger partial charge in [-0.1, -0.05) is 27.7 Å². The predicted octanol–water partition coefficient (Wildman–Crippen LogP) is 6.11. The Bertz CT molecular complexity index is 1910. The van der Waals surface area contributed by atoms with Crippen LogP contribution in [0.1, 0.15) is 107 Å². The average molecular weight is 1400 g/mol. The van der Waals surface area contributed by atoms with Gasteiger partial charge in [-0.05, 0) is 118 Å². The minimum Gasteiger partial charge on any atom is -0.538 e. The number of methoxy groups -OCH3 is 1. The Morgan fingerprint density at radius 1 is 0.516 bits per heavy atom. The molecule has 1 aliphatic rings. The van der Waals surface area contributed by atoms with Crippen LogP contribution in [0, 0.1) is 22.7 Å². The first kappa shape index (κ1) is 94.3. The van der Waals surface area contributed by atoms with Gasteiger partial charge in [0.2, 0.25) is 0 Å². The van der Waals surface area contributed by atoms with E-state index in [4.69, 9.17) is 79.9 Å². The van der Waals surface area contributed by atoms with Crippen LogP contribution in [0.5, 0.6) is 0 Å². The second kappa shape index (κ2) is 57.1. The van der Waals surface area contributed by atoms with E-state index in [0.717, 1.165) is 25.3 Å². The van der Waals surface area contributed by atoms with E-state index in [1.807, 2.05) is 41.5 Å². The molecular formula is C60H117F3KNO23SSi2. The molecular weight excluding hydrogens is 1290 g/mol. The van der Waals surface area contributed by atoms with Crippen molar-refractivity contribution in [2.24, 2.45) is 22.7 Å². The van der Waals surface area contributed by atoms with E-state index in [2.05, 4.69) is 37.5 Å². The van der Waals surface area contributed by atoms with Gasteiger partial charge in [-0.3, -0.25) is 14.4 Å². The molecule has 1 aliphatic carbocycles. The fourth-order valence-corrected chi connectivity index (χ4v) is 15.8. The Hall–Kier alpha value is -0.870. The van der Waals surface area contributed by atoms with Crippen molar-refractivity contribution in [1.82, 2.24) is 0 Å². The molecule has 24 nitrogen and oxygen atoms in total. The van der Waals surface area contributed by atoms with E-state index in [-0.39, 0.29) is 94.1 Å². The van der Waals surface area contributed by atoms with Crippen LogP contribution >= 0.6 is 0 Å². The van der Waals surface area contributed by atoms with Gasteiger partial charge in [0.15, 0.2) is 26.7 Å². The Balaban J connectivity index is -0.00000146. The molecule has 0 saturated heterocycles. The van der Waals surface area contributed by atoms with Crippen molar-refractivity contribution in [2.75, 3.05) is 185 Å². The number of hydrogen-bond donors (Lipinski definition) is 0. The van der Waals surface area contributed by atoms with Crippen LogP contribution in [0.4, 0.5) is 13.2 Å². The number of sulfonamides is 1. The molecule has 0 radical (unpaired) electrons. The number of carbonyl (C=O) groups is 4. The van der Waals surface area contributed by atoms with Gasteiger partial charge in [-0.15, -0.1) is 0 Å². The molecule has 0 aromatic rings. The van der Waals surface area contributed by atoms with Crippen LogP contribution in [-0.4, -0.2) is 246 Å². The zero-order chi connectivity index (χ0) is 68.2. The number of amides is 1. The standard InChI is InChI=1S/C32H64O15.C14H22F3NO5S.C14H32O3Si2.K/c1-4-31(2)32(33)47-30-29-46-28-27-45-26-25-44-24-23-43-22-21-42-20-19-41-18-17-40-16-15-39-14-13-38-12-11-37-10-9-36-8-7-35-6-5-34-3;1-4-13(2,3)12(20)23-10-7-5-6-9(8-10)11(19)18-24(21,22)14(15,16)17;1-9-14(2,3)13(15)16-11-10-12-19(7,8)17-18(4,5)6;/h31H,4-30H2,1-3H3;9-10H,4-8H2,1-3H3,(H,18,19);9-12H2,1-8H3;/q;;;+1/p-1. The molecule has 3 atom stereocenters. The minimum absolute atomic E-state index is 0. The van der Waals surface area contributed by atoms with Gasteiger partial charge in [-0.2, -0.15) is 13.2 Å². The van der Waals surface area contributed by atoms with Crippen LogP contribution < -0.4 is 51.4 Å². The molecule has 1 fully saturated rings. The predicted molar refractivity (Wildman–Crippen MR) is 338 cm³/mol. The number of alkyl halides is 3. The zero-order valence-electron chi connectivity index (χ0n) is 58.1. The number of esters is 3. The summed E-state index contributed by atoms with van der Waals surface area (Å²) < 4.78 is 153. The fourth-order valence-electron chi connectivity index (χ4n) is 7.23. The monoisotopic (exact) mass is 1400 g/mol. The molecule has 0 aromatic carbocycles. The summed E-state index contributed by atoms with van der Waals surface area (Å²) in [4.78, 5) is 47.1. The third-order valence-corrected chi connectivity index (χ3v) is 20.6. The Morgan fingerprint density at radius 3 is 1.18 bits per heavy atom. The minimum atomic E-state index is -5.85. The van der Waals surface area contributed by atoms with Crippen molar-refractivity contribution in [1.29, 1.82) is 0 Å². The van der Waals surface area contributed by atoms with Crippen LogP contribution in [0.2, 0.25) is 38.8 Å². The van der Waals surface area contributed by atoms with Crippen molar-refractivity contribution in [3.8, 4) is 0 Å². The number of halogens is 3. The van der Waals surface area contributed by atoms with E-state index in [9.17, 15) is 40.8 Å². The van der Waals surface area contributed by atoms with Crippen LogP contribution in [0.25, 0.3) is 4.72 Å².